The largest absolute Gasteiger partial charge is 0.347 e. The Balaban J connectivity index is 2.27. The quantitative estimate of drug-likeness (QED) is 0.832. The zero-order valence-corrected chi connectivity index (χ0v) is 10.3. The molecular formula is C14H15N3O. The molecule has 0 saturated heterocycles. The Bertz CT molecular complexity index is 558. The molecule has 0 atom stereocenters. The lowest BCUT2D eigenvalue weighted by atomic mass is 10.1. The number of carbonyl (C=O) groups is 1. The molecule has 4 nitrogen and oxygen atoms in total. The molecular weight excluding hydrogens is 226 g/mol. The van der Waals surface area contributed by atoms with Crippen LogP contribution >= 0.6 is 0 Å². The van der Waals surface area contributed by atoms with Crippen LogP contribution in [0.5, 0.6) is 0 Å². The second-order valence-corrected chi connectivity index (χ2v) is 3.90. The number of nitrogens with one attached hydrogen (secondary N) is 1. The Hall–Kier alpha value is -2.36. The van der Waals surface area contributed by atoms with Crippen LogP contribution in [-0.4, -0.2) is 22.2 Å². The fourth-order valence-corrected chi connectivity index (χ4v) is 1.71. The van der Waals surface area contributed by atoms with Crippen LogP contribution in [0.2, 0.25) is 0 Å². The van der Waals surface area contributed by atoms with Gasteiger partial charge in [-0.25, -0.2) is 0 Å². The number of aryl methyl sites for hydroxylation is 1. The predicted molar refractivity (Wildman–Crippen MR) is 71.2 cm³/mol. The number of rotatable bonds is 4. The van der Waals surface area contributed by atoms with Crippen LogP contribution in [0.4, 0.5) is 0 Å². The number of carbonyl (C=O) groups excluding carboxylic acids is 1. The van der Waals surface area contributed by atoms with Gasteiger partial charge in [0.2, 0.25) is 0 Å². The van der Waals surface area contributed by atoms with Crippen molar-refractivity contribution in [2.45, 2.75) is 0 Å². The van der Waals surface area contributed by atoms with Crippen molar-refractivity contribution in [2.24, 2.45) is 7.05 Å². The van der Waals surface area contributed by atoms with E-state index in [2.05, 4.69) is 17.0 Å². The molecule has 0 saturated carbocycles. The predicted octanol–water partition coefficient (Wildman–Crippen LogP) is 2.00. The maximum absolute atomic E-state index is 11.8. The lowest BCUT2D eigenvalue weighted by Crippen LogP contribution is -2.23. The zero-order chi connectivity index (χ0) is 13.0. The minimum atomic E-state index is -0.187. The first-order valence-electron chi connectivity index (χ1n) is 5.71. The highest BCUT2D eigenvalue weighted by molar-refractivity contribution is 5.93. The molecule has 2 aromatic rings. The number of aromatic nitrogens is 2. The first-order valence-corrected chi connectivity index (χ1v) is 5.71. The molecule has 2 rings (SSSR count). The minimum Gasteiger partial charge on any atom is -0.347 e. The lowest BCUT2D eigenvalue weighted by molar-refractivity contribution is 0.0952. The highest BCUT2D eigenvalue weighted by Crippen LogP contribution is 2.19. The summed E-state index contributed by atoms with van der Waals surface area (Å²) in [6.45, 7) is 4.00. The van der Waals surface area contributed by atoms with E-state index in [0.29, 0.717) is 12.2 Å². The van der Waals surface area contributed by atoms with Gasteiger partial charge in [-0.2, -0.15) is 5.10 Å². The summed E-state index contributed by atoms with van der Waals surface area (Å²) >= 11 is 0. The van der Waals surface area contributed by atoms with Crippen LogP contribution in [0.3, 0.4) is 0 Å². The van der Waals surface area contributed by atoms with Gasteiger partial charge in [-0.1, -0.05) is 36.4 Å². The summed E-state index contributed by atoms with van der Waals surface area (Å²) in [7, 11) is 1.83. The zero-order valence-electron chi connectivity index (χ0n) is 10.3. The van der Waals surface area contributed by atoms with Gasteiger partial charge in [-0.05, 0) is 11.6 Å². The summed E-state index contributed by atoms with van der Waals surface area (Å²) in [5, 5.41) is 6.92. The van der Waals surface area contributed by atoms with Crippen LogP contribution in [-0.2, 0) is 7.05 Å². The normalized spacial score (nSPS) is 10.1. The Morgan fingerprint density at radius 2 is 2.17 bits per heavy atom. The minimum absolute atomic E-state index is 0.187. The van der Waals surface area contributed by atoms with Gasteiger partial charge in [-0.3, -0.25) is 9.48 Å². The molecule has 0 aliphatic carbocycles. The Morgan fingerprint density at radius 1 is 1.44 bits per heavy atom. The average Bonchev–Trinajstić information content (AvgIpc) is 2.79. The molecule has 0 unspecified atom stereocenters. The summed E-state index contributed by atoms with van der Waals surface area (Å²) in [4.78, 5) is 11.8. The standard InChI is InChI=1S/C14H15N3O/c1-3-9-15-14(18)12-10-13(17(2)16-12)11-7-5-4-6-8-11/h3-8,10H,1,9H2,2H3,(H,15,18). The summed E-state index contributed by atoms with van der Waals surface area (Å²) < 4.78 is 1.71. The number of hydrogen-bond donors (Lipinski definition) is 1. The van der Waals surface area contributed by atoms with Gasteiger partial charge >= 0.3 is 0 Å². The van der Waals surface area contributed by atoms with Crippen molar-refractivity contribution in [3.8, 4) is 11.3 Å². The van der Waals surface area contributed by atoms with Crippen molar-refractivity contribution >= 4 is 5.91 Å². The first-order chi connectivity index (χ1) is 8.72. The van der Waals surface area contributed by atoms with Crippen molar-refractivity contribution in [2.75, 3.05) is 6.54 Å². The third kappa shape index (κ3) is 2.48. The van der Waals surface area contributed by atoms with E-state index in [1.54, 1.807) is 16.8 Å². The van der Waals surface area contributed by atoms with Gasteiger partial charge in [0.15, 0.2) is 5.69 Å². The van der Waals surface area contributed by atoms with E-state index in [4.69, 9.17) is 0 Å². The van der Waals surface area contributed by atoms with Crippen LogP contribution in [0.15, 0.2) is 49.1 Å². The molecule has 0 bridgehead atoms. The van der Waals surface area contributed by atoms with E-state index in [9.17, 15) is 4.79 Å². The summed E-state index contributed by atoms with van der Waals surface area (Å²) in [5.41, 5.74) is 2.37. The lowest BCUT2D eigenvalue weighted by Gasteiger charge is -1.99. The van der Waals surface area contributed by atoms with E-state index >= 15 is 0 Å². The Labute approximate surface area is 106 Å². The van der Waals surface area contributed by atoms with Crippen molar-refractivity contribution in [3.05, 3.63) is 54.7 Å². The van der Waals surface area contributed by atoms with Crippen molar-refractivity contribution in [1.82, 2.24) is 15.1 Å². The molecule has 0 radical (unpaired) electrons. The molecule has 1 aromatic heterocycles. The third-order valence-electron chi connectivity index (χ3n) is 2.59. The van der Waals surface area contributed by atoms with E-state index in [1.807, 2.05) is 37.4 Å². The number of nitrogens with zero attached hydrogens (tertiary/aromatic N) is 2. The Morgan fingerprint density at radius 3 is 2.83 bits per heavy atom. The van der Waals surface area contributed by atoms with Gasteiger partial charge in [0.1, 0.15) is 0 Å². The van der Waals surface area contributed by atoms with Crippen LogP contribution in [0, 0.1) is 0 Å². The molecule has 1 amide bonds. The van der Waals surface area contributed by atoms with Gasteiger partial charge in [0, 0.05) is 13.6 Å². The van der Waals surface area contributed by atoms with Gasteiger partial charge in [-0.15, -0.1) is 6.58 Å². The van der Waals surface area contributed by atoms with Gasteiger partial charge < -0.3 is 5.32 Å². The van der Waals surface area contributed by atoms with Crippen LogP contribution in [0.25, 0.3) is 11.3 Å². The van der Waals surface area contributed by atoms with E-state index < -0.39 is 0 Å². The third-order valence-corrected chi connectivity index (χ3v) is 2.59. The number of amides is 1. The highest BCUT2D eigenvalue weighted by Gasteiger charge is 2.12. The summed E-state index contributed by atoms with van der Waals surface area (Å²) in [6.07, 6.45) is 1.64. The van der Waals surface area contributed by atoms with Crippen LogP contribution < -0.4 is 5.32 Å². The molecule has 0 aliphatic rings. The molecule has 4 heteroatoms. The maximum Gasteiger partial charge on any atom is 0.272 e. The van der Waals surface area contributed by atoms with Crippen LogP contribution in [0.1, 0.15) is 10.5 Å². The number of hydrogen-bond acceptors (Lipinski definition) is 2. The van der Waals surface area contributed by atoms with Crippen molar-refractivity contribution < 1.29 is 4.79 Å². The van der Waals surface area contributed by atoms with Gasteiger partial charge in [0.25, 0.3) is 5.91 Å². The second kappa shape index (κ2) is 5.31. The van der Waals surface area contributed by atoms with Crippen molar-refractivity contribution in [3.63, 3.8) is 0 Å². The number of benzene rings is 1. The second-order valence-electron chi connectivity index (χ2n) is 3.90. The molecule has 1 N–H and O–H groups in total. The monoisotopic (exact) mass is 241 g/mol. The van der Waals surface area contributed by atoms with Crippen molar-refractivity contribution in [1.29, 1.82) is 0 Å². The summed E-state index contributed by atoms with van der Waals surface area (Å²) in [5.74, 6) is -0.187. The van der Waals surface area contributed by atoms with E-state index in [0.717, 1.165) is 11.3 Å². The first kappa shape index (κ1) is 12.1. The summed E-state index contributed by atoms with van der Waals surface area (Å²) in [6, 6.07) is 11.6. The fraction of sp³-hybridized carbons (Fsp3) is 0.143. The molecule has 18 heavy (non-hydrogen) atoms. The molecule has 92 valence electrons. The average molecular weight is 241 g/mol. The smallest absolute Gasteiger partial charge is 0.272 e. The van der Waals surface area contributed by atoms with Gasteiger partial charge in [0.05, 0.1) is 5.69 Å². The highest BCUT2D eigenvalue weighted by atomic mass is 16.1. The maximum atomic E-state index is 11.8. The topological polar surface area (TPSA) is 46.9 Å². The molecule has 0 fully saturated rings. The fourth-order valence-electron chi connectivity index (χ4n) is 1.71. The molecule has 0 aliphatic heterocycles. The molecule has 0 spiro atoms. The Kier molecular flexibility index (Phi) is 3.57. The molecule has 1 aromatic carbocycles. The van der Waals surface area contributed by atoms with E-state index in [1.165, 1.54) is 0 Å². The SMILES string of the molecule is C=CCNC(=O)c1cc(-c2ccccc2)n(C)n1. The molecule has 1 heterocycles. The van der Waals surface area contributed by atoms with E-state index in [-0.39, 0.29) is 5.91 Å².